The number of unbranched alkanes of at least 4 members (excludes halogenated alkanes) is 4. The predicted molar refractivity (Wildman–Crippen MR) is 63.6 cm³/mol. The highest BCUT2D eigenvalue weighted by Crippen LogP contribution is 2.21. The van der Waals surface area contributed by atoms with Gasteiger partial charge in [0.2, 0.25) is 0 Å². The van der Waals surface area contributed by atoms with Gasteiger partial charge in [0.15, 0.2) is 0 Å². The second kappa shape index (κ2) is 7.12. The van der Waals surface area contributed by atoms with Crippen LogP contribution in [0.3, 0.4) is 0 Å². The minimum atomic E-state index is 0.121. The molecule has 3 nitrogen and oxygen atoms in total. The van der Waals surface area contributed by atoms with E-state index in [1.54, 1.807) is 12.1 Å². The van der Waals surface area contributed by atoms with E-state index < -0.39 is 0 Å². The van der Waals surface area contributed by atoms with E-state index in [0.717, 1.165) is 44.1 Å². The number of phenolic OH excluding ortho intramolecular Hbond substituents is 2. The number of aliphatic hydroxyl groups is 1. The van der Waals surface area contributed by atoms with Crippen LogP contribution in [-0.2, 0) is 6.42 Å². The highest BCUT2D eigenvalue weighted by molar-refractivity contribution is 5.36. The fourth-order valence-electron chi connectivity index (χ4n) is 1.77. The summed E-state index contributed by atoms with van der Waals surface area (Å²) < 4.78 is 0. The zero-order chi connectivity index (χ0) is 11.8. The first kappa shape index (κ1) is 12.8. The number of aryl methyl sites for hydroxylation is 1. The Bertz CT molecular complexity index is 290. The zero-order valence-electron chi connectivity index (χ0n) is 9.52. The first-order valence-electron chi connectivity index (χ1n) is 5.85. The SMILES string of the molecule is OCCCCCCCc1cc(O)cc(O)c1. The standard InChI is InChI=1S/C13H20O3/c14-7-5-3-1-2-4-6-11-8-12(15)10-13(16)9-11/h8-10,14-16H,1-7H2. The van der Waals surface area contributed by atoms with Crippen LogP contribution in [-0.4, -0.2) is 21.9 Å². The lowest BCUT2D eigenvalue weighted by molar-refractivity contribution is 0.282. The lowest BCUT2D eigenvalue weighted by Crippen LogP contribution is -1.87. The molecule has 0 amide bonds. The summed E-state index contributed by atoms with van der Waals surface area (Å²) in [5, 5.41) is 27.2. The van der Waals surface area contributed by atoms with Crippen LogP contribution < -0.4 is 0 Å². The van der Waals surface area contributed by atoms with Gasteiger partial charge in [0.1, 0.15) is 11.5 Å². The van der Waals surface area contributed by atoms with E-state index in [4.69, 9.17) is 5.11 Å². The summed E-state index contributed by atoms with van der Waals surface area (Å²) in [6.07, 6.45) is 6.13. The summed E-state index contributed by atoms with van der Waals surface area (Å²) in [6.45, 7) is 0.278. The number of hydrogen-bond donors (Lipinski definition) is 3. The average Bonchev–Trinajstić information content (AvgIpc) is 2.22. The Hall–Kier alpha value is -1.22. The molecule has 0 heterocycles. The Morgan fingerprint density at radius 2 is 1.31 bits per heavy atom. The van der Waals surface area contributed by atoms with E-state index >= 15 is 0 Å². The Morgan fingerprint density at radius 1 is 0.750 bits per heavy atom. The Labute approximate surface area is 96.4 Å². The van der Waals surface area contributed by atoms with Crippen LogP contribution in [0, 0.1) is 0 Å². The van der Waals surface area contributed by atoms with Gasteiger partial charge < -0.3 is 15.3 Å². The summed E-state index contributed by atoms with van der Waals surface area (Å²) in [7, 11) is 0. The van der Waals surface area contributed by atoms with Crippen LogP contribution in [0.4, 0.5) is 0 Å². The van der Waals surface area contributed by atoms with Gasteiger partial charge in [-0.25, -0.2) is 0 Å². The third-order valence-electron chi connectivity index (χ3n) is 2.59. The zero-order valence-corrected chi connectivity index (χ0v) is 9.52. The molecule has 1 aromatic rings. The Morgan fingerprint density at radius 3 is 1.94 bits per heavy atom. The van der Waals surface area contributed by atoms with E-state index in [1.165, 1.54) is 6.07 Å². The number of rotatable bonds is 7. The molecule has 16 heavy (non-hydrogen) atoms. The topological polar surface area (TPSA) is 60.7 Å². The maximum atomic E-state index is 9.28. The van der Waals surface area contributed by atoms with Crippen LogP contribution >= 0.6 is 0 Å². The highest BCUT2D eigenvalue weighted by atomic mass is 16.3. The minimum absolute atomic E-state index is 0.121. The monoisotopic (exact) mass is 224 g/mol. The van der Waals surface area contributed by atoms with Crippen LogP contribution in [0.1, 0.15) is 37.7 Å². The maximum Gasteiger partial charge on any atom is 0.119 e. The van der Waals surface area contributed by atoms with Gasteiger partial charge in [0, 0.05) is 12.7 Å². The van der Waals surface area contributed by atoms with Crippen molar-refractivity contribution in [3.63, 3.8) is 0 Å². The van der Waals surface area contributed by atoms with E-state index in [-0.39, 0.29) is 18.1 Å². The van der Waals surface area contributed by atoms with Crippen molar-refractivity contribution >= 4 is 0 Å². The van der Waals surface area contributed by atoms with Gasteiger partial charge in [0.05, 0.1) is 0 Å². The molecule has 1 rings (SSSR count). The Balaban J connectivity index is 2.21. The van der Waals surface area contributed by atoms with E-state index in [1.807, 2.05) is 0 Å². The molecule has 0 aromatic heterocycles. The number of benzene rings is 1. The molecule has 0 radical (unpaired) electrons. The second-order valence-corrected chi connectivity index (χ2v) is 4.10. The first-order chi connectivity index (χ1) is 7.72. The van der Waals surface area contributed by atoms with E-state index in [2.05, 4.69) is 0 Å². The van der Waals surface area contributed by atoms with Crippen molar-refractivity contribution in [1.29, 1.82) is 0 Å². The van der Waals surface area contributed by atoms with Crippen molar-refractivity contribution in [3.05, 3.63) is 23.8 Å². The molecule has 0 atom stereocenters. The maximum absolute atomic E-state index is 9.28. The van der Waals surface area contributed by atoms with Gasteiger partial charge in [-0.2, -0.15) is 0 Å². The summed E-state index contributed by atoms with van der Waals surface area (Å²) in [5.74, 6) is 0.241. The fraction of sp³-hybridized carbons (Fsp3) is 0.538. The van der Waals surface area contributed by atoms with Gasteiger partial charge in [-0.1, -0.05) is 19.3 Å². The molecule has 0 unspecified atom stereocenters. The molecule has 0 fully saturated rings. The molecule has 0 saturated heterocycles. The lowest BCUT2D eigenvalue weighted by Gasteiger charge is -2.03. The number of aliphatic hydroxyl groups excluding tert-OH is 1. The summed E-state index contributed by atoms with van der Waals surface area (Å²) >= 11 is 0. The molecular formula is C13H20O3. The van der Waals surface area contributed by atoms with Crippen molar-refractivity contribution in [3.8, 4) is 11.5 Å². The molecule has 90 valence electrons. The second-order valence-electron chi connectivity index (χ2n) is 4.10. The molecule has 3 heteroatoms. The molecule has 1 aromatic carbocycles. The minimum Gasteiger partial charge on any atom is -0.508 e. The largest absolute Gasteiger partial charge is 0.508 e. The van der Waals surface area contributed by atoms with Crippen LogP contribution in [0.15, 0.2) is 18.2 Å². The lowest BCUT2D eigenvalue weighted by atomic mass is 10.0. The van der Waals surface area contributed by atoms with Gasteiger partial charge in [-0.15, -0.1) is 0 Å². The van der Waals surface area contributed by atoms with Gasteiger partial charge in [-0.3, -0.25) is 0 Å². The van der Waals surface area contributed by atoms with Crippen LogP contribution in [0.25, 0.3) is 0 Å². The van der Waals surface area contributed by atoms with Crippen molar-refractivity contribution in [2.45, 2.75) is 38.5 Å². The van der Waals surface area contributed by atoms with Gasteiger partial charge in [0.25, 0.3) is 0 Å². The van der Waals surface area contributed by atoms with Crippen molar-refractivity contribution in [2.24, 2.45) is 0 Å². The highest BCUT2D eigenvalue weighted by Gasteiger charge is 1.99. The Kier molecular flexibility index (Phi) is 5.72. The molecule has 0 aliphatic rings. The van der Waals surface area contributed by atoms with Crippen molar-refractivity contribution < 1.29 is 15.3 Å². The smallest absolute Gasteiger partial charge is 0.119 e. The first-order valence-corrected chi connectivity index (χ1v) is 5.85. The fourth-order valence-corrected chi connectivity index (χ4v) is 1.77. The summed E-state index contributed by atoms with van der Waals surface area (Å²) in [4.78, 5) is 0. The molecule has 0 bridgehead atoms. The normalized spacial score (nSPS) is 10.6. The summed E-state index contributed by atoms with van der Waals surface area (Å²) in [5.41, 5.74) is 0.972. The molecule has 0 spiro atoms. The number of phenols is 2. The molecule has 0 aliphatic carbocycles. The number of aromatic hydroxyl groups is 2. The average molecular weight is 224 g/mol. The molecular weight excluding hydrogens is 204 g/mol. The molecule has 0 aliphatic heterocycles. The van der Waals surface area contributed by atoms with Crippen molar-refractivity contribution in [2.75, 3.05) is 6.61 Å². The van der Waals surface area contributed by atoms with Crippen LogP contribution in [0.5, 0.6) is 11.5 Å². The van der Waals surface area contributed by atoms with E-state index in [0.29, 0.717) is 0 Å². The van der Waals surface area contributed by atoms with E-state index in [9.17, 15) is 10.2 Å². The molecule has 3 N–H and O–H groups in total. The predicted octanol–water partition coefficient (Wildman–Crippen LogP) is 2.58. The van der Waals surface area contributed by atoms with Gasteiger partial charge in [-0.05, 0) is 37.0 Å². The number of hydrogen-bond acceptors (Lipinski definition) is 3. The third kappa shape index (κ3) is 5.03. The molecule has 0 saturated carbocycles. The quantitative estimate of drug-likeness (QED) is 0.624. The van der Waals surface area contributed by atoms with Crippen LogP contribution in [0.2, 0.25) is 0 Å². The van der Waals surface area contributed by atoms with Gasteiger partial charge >= 0.3 is 0 Å². The summed E-state index contributed by atoms with van der Waals surface area (Å²) in [6, 6.07) is 4.71. The van der Waals surface area contributed by atoms with Crippen molar-refractivity contribution in [1.82, 2.24) is 0 Å². The third-order valence-corrected chi connectivity index (χ3v) is 2.59.